The number of methoxy groups -OCH3 is 1. The number of carbonyl (C=O) groups excluding carboxylic acids is 3. The Bertz CT molecular complexity index is 1240. The molecule has 3 unspecified atom stereocenters. The number of nitrogens with one attached hydrogen (secondary N) is 2. The third-order valence-electron chi connectivity index (χ3n) is 7.81. The molecule has 3 heterocycles. The lowest BCUT2D eigenvalue weighted by Gasteiger charge is -2.35. The van der Waals surface area contributed by atoms with E-state index >= 15 is 0 Å². The lowest BCUT2D eigenvalue weighted by molar-refractivity contribution is -0.142. The van der Waals surface area contributed by atoms with Crippen molar-refractivity contribution in [2.24, 2.45) is 11.8 Å². The fraction of sp³-hybridized carbons (Fsp3) is 0.464. The van der Waals surface area contributed by atoms with Crippen molar-refractivity contribution in [1.82, 2.24) is 4.90 Å². The minimum Gasteiger partial charge on any atom is -0.497 e. The molecule has 2 aromatic carbocycles. The molecule has 0 saturated carbocycles. The molecule has 208 valence electrons. The lowest BCUT2D eigenvalue weighted by atomic mass is 9.70. The molecule has 10 nitrogen and oxygen atoms in total. The van der Waals surface area contributed by atoms with Crippen LogP contribution >= 0.6 is 15.9 Å². The van der Waals surface area contributed by atoms with Gasteiger partial charge in [-0.2, -0.15) is 0 Å². The first-order valence-corrected chi connectivity index (χ1v) is 13.9. The molecule has 0 aliphatic carbocycles. The zero-order valence-electron chi connectivity index (χ0n) is 21.9. The second-order valence-corrected chi connectivity index (χ2v) is 11.3. The van der Waals surface area contributed by atoms with Crippen molar-refractivity contribution in [2.45, 2.75) is 48.9 Å². The Morgan fingerprint density at radius 1 is 1.10 bits per heavy atom. The van der Waals surface area contributed by atoms with Crippen LogP contribution in [0.5, 0.6) is 11.5 Å². The van der Waals surface area contributed by atoms with Gasteiger partial charge >= 0.3 is 0 Å². The number of carbonyl (C=O) groups is 3. The highest BCUT2D eigenvalue weighted by molar-refractivity contribution is 9.09. The number of aliphatic hydroxyl groups is 1. The van der Waals surface area contributed by atoms with E-state index in [1.54, 1.807) is 62.6 Å². The minimum absolute atomic E-state index is 0.238. The average Bonchev–Trinajstić information content (AvgIpc) is 3.53. The molecule has 0 radical (unpaired) electrons. The van der Waals surface area contributed by atoms with Crippen LogP contribution in [0.25, 0.3) is 0 Å². The monoisotopic (exact) mass is 601 g/mol. The highest BCUT2D eigenvalue weighted by Gasteiger charge is 2.76. The van der Waals surface area contributed by atoms with Gasteiger partial charge in [0.25, 0.3) is 0 Å². The maximum atomic E-state index is 13.9. The number of amides is 3. The van der Waals surface area contributed by atoms with Crippen molar-refractivity contribution in [3.63, 3.8) is 0 Å². The number of rotatable bonds is 9. The zero-order chi connectivity index (χ0) is 27.9. The van der Waals surface area contributed by atoms with E-state index in [1.165, 1.54) is 4.90 Å². The summed E-state index contributed by atoms with van der Waals surface area (Å²) in [7, 11) is 1.55. The van der Waals surface area contributed by atoms with Gasteiger partial charge in [-0.15, -0.1) is 0 Å². The number of benzene rings is 2. The van der Waals surface area contributed by atoms with Crippen LogP contribution in [0, 0.1) is 11.8 Å². The van der Waals surface area contributed by atoms with Gasteiger partial charge in [0.05, 0.1) is 44.3 Å². The molecule has 3 aliphatic rings. The van der Waals surface area contributed by atoms with Crippen LogP contribution in [0.3, 0.4) is 0 Å². The maximum Gasteiger partial charge on any atom is 0.250 e. The quantitative estimate of drug-likeness (QED) is 0.377. The second-order valence-electron chi connectivity index (χ2n) is 10.1. The number of likely N-dealkylation sites (tertiary alicyclic amines) is 1. The highest BCUT2D eigenvalue weighted by Crippen LogP contribution is 2.60. The molecule has 11 heteroatoms. The second kappa shape index (κ2) is 10.8. The summed E-state index contributed by atoms with van der Waals surface area (Å²) in [5.41, 5.74) is -0.139. The van der Waals surface area contributed by atoms with Crippen LogP contribution in [0.1, 0.15) is 20.3 Å². The van der Waals surface area contributed by atoms with E-state index in [0.717, 1.165) is 0 Å². The first kappa shape index (κ1) is 27.4. The lowest BCUT2D eigenvalue weighted by Crippen LogP contribution is -2.56. The van der Waals surface area contributed by atoms with Crippen molar-refractivity contribution < 1.29 is 33.7 Å². The van der Waals surface area contributed by atoms with Crippen molar-refractivity contribution >= 4 is 45.0 Å². The topological polar surface area (TPSA) is 126 Å². The van der Waals surface area contributed by atoms with Crippen molar-refractivity contribution in [3.8, 4) is 11.5 Å². The predicted molar refractivity (Wildman–Crippen MR) is 147 cm³/mol. The zero-order valence-corrected chi connectivity index (χ0v) is 23.5. The van der Waals surface area contributed by atoms with Gasteiger partial charge < -0.3 is 34.9 Å². The molecule has 2 bridgehead atoms. The number of halogens is 1. The van der Waals surface area contributed by atoms with Gasteiger partial charge in [0.1, 0.15) is 23.1 Å². The van der Waals surface area contributed by atoms with Crippen molar-refractivity contribution in [1.29, 1.82) is 0 Å². The molecule has 39 heavy (non-hydrogen) atoms. The summed E-state index contributed by atoms with van der Waals surface area (Å²) in [6.45, 7) is 3.75. The van der Waals surface area contributed by atoms with Gasteiger partial charge in [-0.25, -0.2) is 0 Å². The molecule has 5 rings (SSSR count). The molecular weight excluding hydrogens is 570 g/mol. The SMILES string of the molecule is CCOc1ccc(NC(=O)[C@H]2[C@@H]3OC4(CC3Br)C(C(=O)Nc3ccc(OC)cc3)N([C@H](C)CO)C(=O)[C@H]24)cc1. The Balaban J connectivity index is 1.45. The molecule has 3 fully saturated rings. The molecule has 7 atom stereocenters. The van der Waals surface area contributed by atoms with Crippen molar-refractivity contribution in [2.75, 3.05) is 31.0 Å². The summed E-state index contributed by atoms with van der Waals surface area (Å²) in [4.78, 5) is 42.5. The first-order valence-electron chi connectivity index (χ1n) is 13.0. The Kier molecular flexibility index (Phi) is 7.58. The number of hydrogen-bond acceptors (Lipinski definition) is 7. The molecule has 0 aromatic heterocycles. The number of fused-ring (bicyclic) bond motifs is 1. The Hall–Kier alpha value is -3.15. The summed E-state index contributed by atoms with van der Waals surface area (Å²) in [5, 5.41) is 15.8. The molecule has 1 spiro atoms. The van der Waals surface area contributed by atoms with Crippen LogP contribution in [0.2, 0.25) is 0 Å². The van der Waals surface area contributed by atoms with Gasteiger partial charge in [-0.3, -0.25) is 14.4 Å². The van der Waals surface area contributed by atoms with Gasteiger partial charge in [0, 0.05) is 16.2 Å². The number of alkyl halides is 1. The minimum atomic E-state index is -1.23. The van der Waals surface area contributed by atoms with Gasteiger partial charge in [0.2, 0.25) is 17.7 Å². The van der Waals surface area contributed by atoms with E-state index in [2.05, 4.69) is 26.6 Å². The van der Waals surface area contributed by atoms with Crippen molar-refractivity contribution in [3.05, 3.63) is 48.5 Å². The summed E-state index contributed by atoms with van der Waals surface area (Å²) in [6.07, 6.45) is -0.222. The Labute approximate surface area is 235 Å². The average molecular weight is 602 g/mol. The maximum absolute atomic E-state index is 13.9. The summed E-state index contributed by atoms with van der Waals surface area (Å²) < 4.78 is 17.1. The van der Waals surface area contributed by atoms with Gasteiger partial charge in [-0.05, 0) is 68.8 Å². The molecule has 3 saturated heterocycles. The van der Waals surface area contributed by atoms with Crippen LogP contribution in [-0.4, -0.2) is 76.7 Å². The van der Waals surface area contributed by atoms with Crippen LogP contribution < -0.4 is 20.1 Å². The summed E-state index contributed by atoms with van der Waals surface area (Å²) >= 11 is 3.65. The Morgan fingerprint density at radius 2 is 1.69 bits per heavy atom. The summed E-state index contributed by atoms with van der Waals surface area (Å²) in [6, 6.07) is 12.1. The Morgan fingerprint density at radius 3 is 2.26 bits per heavy atom. The first-order chi connectivity index (χ1) is 18.7. The van der Waals surface area contributed by atoms with Crippen LogP contribution in [0.15, 0.2) is 48.5 Å². The predicted octanol–water partition coefficient (Wildman–Crippen LogP) is 2.80. The fourth-order valence-electron chi connectivity index (χ4n) is 6.14. The fourth-order valence-corrected chi connectivity index (χ4v) is 7.08. The van der Waals surface area contributed by atoms with E-state index in [1.807, 2.05) is 6.92 Å². The largest absolute Gasteiger partial charge is 0.497 e. The number of anilines is 2. The molecule has 3 amide bonds. The number of nitrogens with zero attached hydrogens (tertiary/aromatic N) is 1. The van der Waals surface area contributed by atoms with Crippen LogP contribution in [0.4, 0.5) is 11.4 Å². The third kappa shape index (κ3) is 4.66. The molecule has 2 aromatic rings. The van der Waals surface area contributed by atoms with E-state index in [0.29, 0.717) is 35.9 Å². The van der Waals surface area contributed by atoms with Crippen LogP contribution in [-0.2, 0) is 19.1 Å². The molecule has 3 aliphatic heterocycles. The molecular formula is C28H32BrN3O7. The molecule has 3 N–H and O–H groups in total. The highest BCUT2D eigenvalue weighted by atomic mass is 79.9. The smallest absolute Gasteiger partial charge is 0.250 e. The normalized spacial score (nSPS) is 29.6. The van der Waals surface area contributed by atoms with Gasteiger partial charge in [-0.1, -0.05) is 15.9 Å². The van der Waals surface area contributed by atoms with Gasteiger partial charge in [0.15, 0.2) is 0 Å². The van der Waals surface area contributed by atoms with E-state index < -0.39 is 41.5 Å². The number of hydrogen-bond donors (Lipinski definition) is 3. The number of ether oxygens (including phenoxy) is 3. The third-order valence-corrected chi connectivity index (χ3v) is 8.65. The van der Waals surface area contributed by atoms with E-state index in [9.17, 15) is 19.5 Å². The van der Waals surface area contributed by atoms with E-state index in [4.69, 9.17) is 14.2 Å². The number of aliphatic hydroxyl groups excluding tert-OH is 1. The van der Waals surface area contributed by atoms with E-state index in [-0.39, 0.29) is 23.2 Å². The summed E-state index contributed by atoms with van der Waals surface area (Å²) in [5.74, 6) is -1.55. The standard InChI is InChI=1S/C28H32BrN3O7/c1-4-38-19-11-7-16(8-12-19)30-25(34)21-22-27(36)32(15(2)14-33)24(28(22)13-20(29)23(21)39-28)26(35)31-17-5-9-18(37-3)10-6-17/h5-12,15,20-24,33H,4,13-14H2,1-3H3,(H,30,34)(H,31,35)/t15-,20?,21-,22+,23-,24?,28?/m1/s1.